The van der Waals surface area contributed by atoms with Crippen molar-refractivity contribution in [3.63, 3.8) is 0 Å². The standard InChI is InChI=1S/C11H16Cl2F3NO/c1-3-4-5-17(7-11(14,15)16)8(18)9(2)6-10(9,12)13/h3-7H2,1-2H3. The molecule has 0 N–H and O–H groups in total. The van der Waals surface area contributed by atoms with E-state index >= 15 is 0 Å². The summed E-state index contributed by atoms with van der Waals surface area (Å²) in [6.45, 7) is 2.19. The predicted molar refractivity (Wildman–Crippen MR) is 64.7 cm³/mol. The number of unbranched alkanes of at least 4 members (excludes halogenated alkanes) is 1. The van der Waals surface area contributed by atoms with Crippen LogP contribution in [0.5, 0.6) is 0 Å². The Labute approximate surface area is 114 Å². The molecule has 1 fully saturated rings. The Bertz CT molecular complexity index is 333. The van der Waals surface area contributed by atoms with E-state index in [4.69, 9.17) is 23.2 Å². The summed E-state index contributed by atoms with van der Waals surface area (Å²) in [5.74, 6) is -0.613. The fourth-order valence-corrected chi connectivity index (χ4v) is 2.49. The Morgan fingerprint density at radius 3 is 2.22 bits per heavy atom. The van der Waals surface area contributed by atoms with Gasteiger partial charge in [-0.25, -0.2) is 0 Å². The summed E-state index contributed by atoms with van der Waals surface area (Å²) in [4.78, 5) is 12.9. The molecule has 0 aromatic rings. The molecule has 0 bridgehead atoms. The average Bonchev–Trinajstić information content (AvgIpc) is 2.71. The zero-order valence-electron chi connectivity index (χ0n) is 10.3. The summed E-state index contributed by atoms with van der Waals surface area (Å²) in [6, 6.07) is 0. The van der Waals surface area contributed by atoms with E-state index in [-0.39, 0.29) is 13.0 Å². The number of hydrogen-bond donors (Lipinski definition) is 0. The van der Waals surface area contributed by atoms with Gasteiger partial charge < -0.3 is 4.90 Å². The number of carbonyl (C=O) groups is 1. The van der Waals surface area contributed by atoms with Crippen molar-refractivity contribution in [1.82, 2.24) is 4.90 Å². The Balaban J connectivity index is 2.74. The zero-order valence-corrected chi connectivity index (χ0v) is 11.8. The highest BCUT2D eigenvalue weighted by Gasteiger charge is 2.69. The molecular formula is C11H16Cl2F3NO. The van der Waals surface area contributed by atoms with E-state index < -0.39 is 28.4 Å². The molecule has 2 nitrogen and oxygen atoms in total. The number of halogens is 5. The first-order valence-corrected chi connectivity index (χ1v) is 6.53. The highest BCUT2D eigenvalue weighted by Crippen LogP contribution is 2.64. The monoisotopic (exact) mass is 305 g/mol. The lowest BCUT2D eigenvalue weighted by Gasteiger charge is -2.27. The van der Waals surface area contributed by atoms with Crippen molar-refractivity contribution in [3.8, 4) is 0 Å². The number of nitrogens with zero attached hydrogens (tertiary/aromatic N) is 1. The fourth-order valence-electron chi connectivity index (χ4n) is 1.80. The van der Waals surface area contributed by atoms with Crippen LogP contribution in [0.3, 0.4) is 0 Å². The second-order valence-electron chi connectivity index (χ2n) is 4.91. The van der Waals surface area contributed by atoms with Crippen LogP contribution >= 0.6 is 23.2 Å². The van der Waals surface area contributed by atoms with Crippen LogP contribution in [0.15, 0.2) is 0 Å². The molecule has 0 aliphatic heterocycles. The molecule has 0 heterocycles. The van der Waals surface area contributed by atoms with Crippen molar-refractivity contribution in [2.75, 3.05) is 13.1 Å². The summed E-state index contributed by atoms with van der Waals surface area (Å²) < 4.78 is 36.1. The largest absolute Gasteiger partial charge is 0.406 e. The van der Waals surface area contributed by atoms with Crippen LogP contribution in [0.1, 0.15) is 33.1 Å². The van der Waals surface area contributed by atoms with Crippen LogP contribution in [-0.2, 0) is 4.79 Å². The van der Waals surface area contributed by atoms with E-state index in [1.807, 2.05) is 6.92 Å². The zero-order chi connectivity index (χ0) is 14.2. The first-order valence-electron chi connectivity index (χ1n) is 5.77. The maximum atomic E-state index is 12.4. The third-order valence-electron chi connectivity index (χ3n) is 3.17. The maximum absolute atomic E-state index is 12.4. The van der Waals surface area contributed by atoms with Crippen molar-refractivity contribution < 1.29 is 18.0 Å². The number of hydrogen-bond acceptors (Lipinski definition) is 1. The van der Waals surface area contributed by atoms with Gasteiger partial charge in [-0.15, -0.1) is 23.2 Å². The van der Waals surface area contributed by atoms with E-state index in [0.717, 1.165) is 4.90 Å². The third kappa shape index (κ3) is 3.44. The van der Waals surface area contributed by atoms with Gasteiger partial charge in [-0.1, -0.05) is 13.3 Å². The van der Waals surface area contributed by atoms with Gasteiger partial charge in [-0.3, -0.25) is 4.79 Å². The molecule has 0 spiro atoms. The molecule has 106 valence electrons. The summed E-state index contributed by atoms with van der Waals surface area (Å²) >= 11 is 11.7. The van der Waals surface area contributed by atoms with E-state index in [1.165, 1.54) is 6.92 Å². The fraction of sp³-hybridized carbons (Fsp3) is 0.909. The quantitative estimate of drug-likeness (QED) is 0.708. The van der Waals surface area contributed by atoms with Crippen molar-refractivity contribution in [2.24, 2.45) is 5.41 Å². The van der Waals surface area contributed by atoms with Crippen LogP contribution in [0.25, 0.3) is 0 Å². The van der Waals surface area contributed by atoms with Crippen molar-refractivity contribution in [2.45, 2.75) is 43.6 Å². The minimum atomic E-state index is -4.41. The van der Waals surface area contributed by atoms with Crippen LogP contribution in [0.4, 0.5) is 13.2 Å². The van der Waals surface area contributed by atoms with E-state index in [2.05, 4.69) is 0 Å². The summed E-state index contributed by atoms with van der Waals surface area (Å²) in [7, 11) is 0. The van der Waals surface area contributed by atoms with Gasteiger partial charge in [0.15, 0.2) is 0 Å². The molecule has 18 heavy (non-hydrogen) atoms. The third-order valence-corrected chi connectivity index (χ3v) is 4.27. The number of amides is 1. The minimum Gasteiger partial charge on any atom is -0.333 e. The van der Waals surface area contributed by atoms with Crippen LogP contribution < -0.4 is 0 Å². The second kappa shape index (κ2) is 5.08. The Morgan fingerprint density at radius 1 is 1.39 bits per heavy atom. The molecule has 1 aliphatic carbocycles. The molecular weight excluding hydrogens is 290 g/mol. The first-order chi connectivity index (χ1) is 8.03. The lowest BCUT2D eigenvalue weighted by atomic mass is 10.1. The molecule has 7 heteroatoms. The molecule has 1 saturated carbocycles. The molecule has 0 aromatic carbocycles. The number of carbonyl (C=O) groups excluding carboxylic acids is 1. The van der Waals surface area contributed by atoms with Gasteiger partial charge in [-0.05, 0) is 19.8 Å². The Kier molecular flexibility index (Phi) is 4.49. The molecule has 0 saturated heterocycles. The van der Waals surface area contributed by atoms with Gasteiger partial charge in [0.05, 0.1) is 5.41 Å². The Morgan fingerprint density at radius 2 is 1.89 bits per heavy atom. The lowest BCUT2D eigenvalue weighted by molar-refractivity contribution is -0.164. The maximum Gasteiger partial charge on any atom is 0.406 e. The molecule has 1 aliphatic rings. The second-order valence-corrected chi connectivity index (χ2v) is 6.39. The van der Waals surface area contributed by atoms with E-state index in [9.17, 15) is 18.0 Å². The summed E-state index contributed by atoms with van der Waals surface area (Å²) in [5, 5.41) is 0. The van der Waals surface area contributed by atoms with Crippen molar-refractivity contribution >= 4 is 29.1 Å². The van der Waals surface area contributed by atoms with Gasteiger partial charge in [0.1, 0.15) is 10.9 Å². The summed E-state index contributed by atoms with van der Waals surface area (Å²) in [6.07, 6.45) is -2.97. The SMILES string of the molecule is CCCCN(CC(F)(F)F)C(=O)C1(C)CC1(Cl)Cl. The molecule has 1 unspecified atom stereocenters. The molecule has 1 amide bonds. The predicted octanol–water partition coefficient (Wildman–Crippen LogP) is 3.76. The van der Waals surface area contributed by atoms with Gasteiger partial charge in [0, 0.05) is 6.54 Å². The topological polar surface area (TPSA) is 20.3 Å². The molecule has 0 aromatic heterocycles. The van der Waals surface area contributed by atoms with Crippen molar-refractivity contribution in [1.29, 1.82) is 0 Å². The van der Waals surface area contributed by atoms with Gasteiger partial charge in [0.2, 0.25) is 5.91 Å². The average molecular weight is 306 g/mol. The highest BCUT2D eigenvalue weighted by molar-refractivity contribution is 6.53. The van der Waals surface area contributed by atoms with E-state index in [1.54, 1.807) is 0 Å². The molecule has 1 atom stereocenters. The van der Waals surface area contributed by atoms with E-state index in [0.29, 0.717) is 12.8 Å². The molecule has 0 radical (unpaired) electrons. The van der Waals surface area contributed by atoms with Crippen LogP contribution in [0, 0.1) is 5.41 Å². The van der Waals surface area contributed by atoms with Gasteiger partial charge >= 0.3 is 6.18 Å². The Hall–Kier alpha value is -0.160. The van der Waals surface area contributed by atoms with Crippen LogP contribution in [-0.4, -0.2) is 34.4 Å². The van der Waals surface area contributed by atoms with Gasteiger partial charge in [0.25, 0.3) is 0 Å². The van der Waals surface area contributed by atoms with Gasteiger partial charge in [-0.2, -0.15) is 13.2 Å². The first kappa shape index (κ1) is 15.9. The lowest BCUT2D eigenvalue weighted by Crippen LogP contribution is -2.44. The minimum absolute atomic E-state index is 0.0777. The van der Waals surface area contributed by atoms with Crippen molar-refractivity contribution in [3.05, 3.63) is 0 Å². The normalized spacial score (nSPS) is 25.9. The summed E-state index contributed by atoms with van der Waals surface area (Å²) in [5.41, 5.74) is -1.09. The number of alkyl halides is 5. The molecule has 1 rings (SSSR count). The highest BCUT2D eigenvalue weighted by atomic mass is 35.5. The smallest absolute Gasteiger partial charge is 0.333 e. The number of rotatable bonds is 5. The van der Waals surface area contributed by atoms with Crippen LogP contribution in [0.2, 0.25) is 0 Å².